The van der Waals surface area contributed by atoms with E-state index in [1.165, 1.54) is 28.7 Å². The number of fused-ring (bicyclic) bond motifs is 1. The minimum absolute atomic E-state index is 0.0192. The van der Waals surface area contributed by atoms with Gasteiger partial charge in [-0.15, -0.1) is 11.3 Å². The first kappa shape index (κ1) is 21.4. The smallest absolute Gasteiger partial charge is 0.291 e. The van der Waals surface area contributed by atoms with Gasteiger partial charge in [-0.2, -0.15) is 0 Å². The normalized spacial score (nSPS) is 18.3. The standard InChI is InChI=1S/C25H28FN3O2S/c1-28-12-14-29(15-13-28)23(17-8-10-18(26)11-9-17)22-19-5-2-3-7-21(19)32-25(22)27-24(30)20-6-4-16-31-20/h4,6,8-11,16,23H,2-3,5,7,12-15H2,1H3,(H,27,30)/t23-/m1/s1. The lowest BCUT2D eigenvalue weighted by molar-refractivity contribution is 0.0996. The summed E-state index contributed by atoms with van der Waals surface area (Å²) in [6.45, 7) is 3.82. The molecule has 2 aromatic heterocycles. The Bertz CT molecular complexity index is 1070. The molecule has 1 atom stereocenters. The van der Waals surface area contributed by atoms with Gasteiger partial charge in [-0.05, 0) is 68.1 Å². The maximum Gasteiger partial charge on any atom is 0.291 e. The predicted molar refractivity (Wildman–Crippen MR) is 125 cm³/mol. The first-order valence-electron chi connectivity index (χ1n) is 11.3. The Morgan fingerprint density at radius 2 is 1.84 bits per heavy atom. The topological polar surface area (TPSA) is 48.7 Å². The zero-order valence-electron chi connectivity index (χ0n) is 18.3. The number of rotatable bonds is 5. The van der Waals surface area contributed by atoms with E-state index in [1.807, 2.05) is 12.1 Å². The Morgan fingerprint density at radius 3 is 2.56 bits per heavy atom. The molecule has 1 aromatic carbocycles. The number of furan rings is 1. The number of nitrogens with one attached hydrogen (secondary N) is 1. The fourth-order valence-corrected chi connectivity index (χ4v) is 6.15. The third kappa shape index (κ3) is 4.25. The molecule has 2 aliphatic rings. The van der Waals surface area contributed by atoms with Gasteiger partial charge >= 0.3 is 0 Å². The highest BCUT2D eigenvalue weighted by Crippen LogP contribution is 2.45. The van der Waals surface area contributed by atoms with Crippen molar-refractivity contribution >= 4 is 22.2 Å². The van der Waals surface area contributed by atoms with Crippen LogP contribution in [0.15, 0.2) is 47.1 Å². The molecule has 5 nitrogen and oxygen atoms in total. The number of hydrogen-bond donors (Lipinski definition) is 1. The lowest BCUT2D eigenvalue weighted by atomic mass is 9.88. The molecule has 0 bridgehead atoms. The molecule has 0 saturated carbocycles. The van der Waals surface area contributed by atoms with E-state index < -0.39 is 0 Å². The van der Waals surface area contributed by atoms with Crippen molar-refractivity contribution in [3.8, 4) is 0 Å². The van der Waals surface area contributed by atoms with Crippen molar-refractivity contribution in [2.75, 3.05) is 38.5 Å². The highest BCUT2D eigenvalue weighted by molar-refractivity contribution is 7.16. The second-order valence-corrected chi connectivity index (χ2v) is 9.78. The first-order valence-corrected chi connectivity index (χ1v) is 12.1. The van der Waals surface area contributed by atoms with Gasteiger partial charge in [-0.1, -0.05) is 12.1 Å². The Morgan fingerprint density at radius 1 is 1.09 bits per heavy atom. The van der Waals surface area contributed by atoms with E-state index in [0.717, 1.165) is 56.0 Å². The number of halogens is 1. The van der Waals surface area contributed by atoms with Crippen molar-refractivity contribution < 1.29 is 13.6 Å². The number of hydrogen-bond acceptors (Lipinski definition) is 5. The molecule has 1 fully saturated rings. The zero-order valence-corrected chi connectivity index (χ0v) is 19.1. The molecule has 1 aliphatic heterocycles. The molecule has 32 heavy (non-hydrogen) atoms. The molecule has 0 spiro atoms. The fraction of sp³-hybridized carbons (Fsp3) is 0.400. The number of aryl methyl sites for hydroxylation is 1. The van der Waals surface area contributed by atoms with Gasteiger partial charge in [0.1, 0.15) is 10.8 Å². The van der Waals surface area contributed by atoms with Gasteiger partial charge in [0.05, 0.1) is 12.3 Å². The number of carbonyl (C=O) groups excluding carboxylic acids is 1. The molecule has 1 saturated heterocycles. The molecule has 1 amide bonds. The van der Waals surface area contributed by atoms with Crippen molar-refractivity contribution in [3.05, 3.63) is 75.8 Å². The maximum atomic E-state index is 13.8. The van der Waals surface area contributed by atoms with Gasteiger partial charge in [0.15, 0.2) is 5.76 Å². The van der Waals surface area contributed by atoms with Crippen LogP contribution in [0.4, 0.5) is 9.39 Å². The number of likely N-dealkylation sites (N-methyl/N-ethyl adjacent to an activating group) is 1. The number of thiophene rings is 1. The van der Waals surface area contributed by atoms with Crippen LogP contribution < -0.4 is 5.32 Å². The molecule has 0 unspecified atom stereocenters. The van der Waals surface area contributed by atoms with E-state index in [-0.39, 0.29) is 17.8 Å². The summed E-state index contributed by atoms with van der Waals surface area (Å²) >= 11 is 1.69. The highest BCUT2D eigenvalue weighted by Gasteiger charge is 2.33. The Balaban J connectivity index is 1.59. The highest BCUT2D eigenvalue weighted by atomic mass is 32.1. The molecule has 5 rings (SSSR count). The fourth-order valence-electron chi connectivity index (χ4n) is 4.83. The maximum absolute atomic E-state index is 13.8. The van der Waals surface area contributed by atoms with Gasteiger partial charge in [0, 0.05) is 36.6 Å². The van der Waals surface area contributed by atoms with Crippen molar-refractivity contribution in [2.24, 2.45) is 0 Å². The van der Waals surface area contributed by atoms with E-state index in [4.69, 9.17) is 4.42 Å². The van der Waals surface area contributed by atoms with Crippen LogP contribution in [0.2, 0.25) is 0 Å². The second kappa shape index (κ2) is 9.17. The molecule has 3 heterocycles. The van der Waals surface area contributed by atoms with Crippen LogP contribution in [0, 0.1) is 5.82 Å². The monoisotopic (exact) mass is 453 g/mol. The molecule has 1 N–H and O–H groups in total. The Labute approximate surface area is 191 Å². The van der Waals surface area contributed by atoms with Crippen LogP contribution in [0.1, 0.15) is 51.0 Å². The summed E-state index contributed by atoms with van der Waals surface area (Å²) in [5, 5.41) is 4.05. The number of benzene rings is 1. The van der Waals surface area contributed by atoms with Crippen LogP contribution in [-0.4, -0.2) is 48.9 Å². The zero-order chi connectivity index (χ0) is 22.1. The van der Waals surface area contributed by atoms with Gasteiger partial charge < -0.3 is 14.6 Å². The van der Waals surface area contributed by atoms with Crippen LogP contribution in [0.3, 0.4) is 0 Å². The molecule has 0 radical (unpaired) electrons. The van der Waals surface area contributed by atoms with Gasteiger partial charge in [0.25, 0.3) is 5.91 Å². The number of piperazine rings is 1. The van der Waals surface area contributed by atoms with Crippen LogP contribution in [-0.2, 0) is 12.8 Å². The van der Waals surface area contributed by atoms with Crippen LogP contribution in [0.5, 0.6) is 0 Å². The Kier molecular flexibility index (Phi) is 6.13. The SMILES string of the molecule is CN1CCN([C@H](c2ccc(F)cc2)c2c(NC(=O)c3ccco3)sc3c2CCCC3)CC1. The minimum atomic E-state index is -0.232. The van der Waals surface area contributed by atoms with Crippen molar-refractivity contribution in [3.63, 3.8) is 0 Å². The molecular formula is C25H28FN3O2S. The van der Waals surface area contributed by atoms with Crippen molar-refractivity contribution in [1.82, 2.24) is 9.80 Å². The summed E-state index contributed by atoms with van der Waals surface area (Å²) in [5.74, 6) is -0.157. The summed E-state index contributed by atoms with van der Waals surface area (Å²) in [6.07, 6.45) is 5.90. The number of carbonyl (C=O) groups is 1. The van der Waals surface area contributed by atoms with Crippen LogP contribution >= 0.6 is 11.3 Å². The van der Waals surface area contributed by atoms with Crippen LogP contribution in [0.25, 0.3) is 0 Å². The average molecular weight is 454 g/mol. The van der Waals surface area contributed by atoms with E-state index >= 15 is 0 Å². The Hall–Kier alpha value is -2.48. The summed E-state index contributed by atoms with van der Waals surface area (Å²) in [7, 11) is 2.14. The predicted octanol–water partition coefficient (Wildman–Crippen LogP) is 4.95. The first-order chi connectivity index (χ1) is 15.6. The summed E-state index contributed by atoms with van der Waals surface area (Å²) in [6, 6.07) is 10.2. The van der Waals surface area contributed by atoms with Gasteiger partial charge in [-0.25, -0.2) is 4.39 Å². The van der Waals surface area contributed by atoms with E-state index in [1.54, 1.807) is 35.6 Å². The minimum Gasteiger partial charge on any atom is -0.459 e. The summed E-state index contributed by atoms with van der Waals surface area (Å²) in [5.41, 5.74) is 3.61. The largest absolute Gasteiger partial charge is 0.459 e. The quantitative estimate of drug-likeness (QED) is 0.594. The molecule has 7 heteroatoms. The number of amides is 1. The third-order valence-corrected chi connectivity index (χ3v) is 7.77. The summed E-state index contributed by atoms with van der Waals surface area (Å²) in [4.78, 5) is 19.1. The van der Waals surface area contributed by atoms with E-state index in [9.17, 15) is 9.18 Å². The molecule has 168 valence electrons. The number of nitrogens with zero attached hydrogens (tertiary/aromatic N) is 2. The van der Waals surface area contributed by atoms with E-state index in [2.05, 4.69) is 22.2 Å². The second-order valence-electron chi connectivity index (χ2n) is 8.68. The van der Waals surface area contributed by atoms with Crippen molar-refractivity contribution in [2.45, 2.75) is 31.7 Å². The number of anilines is 1. The molecule has 3 aromatic rings. The molecule has 1 aliphatic carbocycles. The lowest BCUT2D eigenvalue weighted by Gasteiger charge is -2.39. The van der Waals surface area contributed by atoms with Gasteiger partial charge in [-0.3, -0.25) is 9.69 Å². The lowest BCUT2D eigenvalue weighted by Crippen LogP contribution is -2.46. The van der Waals surface area contributed by atoms with Gasteiger partial charge in [0.2, 0.25) is 0 Å². The van der Waals surface area contributed by atoms with E-state index in [0.29, 0.717) is 5.76 Å². The molecular weight excluding hydrogens is 425 g/mol. The summed E-state index contributed by atoms with van der Waals surface area (Å²) < 4.78 is 19.1. The average Bonchev–Trinajstić information content (AvgIpc) is 3.45. The van der Waals surface area contributed by atoms with Crippen molar-refractivity contribution in [1.29, 1.82) is 0 Å². The third-order valence-electron chi connectivity index (χ3n) is 6.55.